The summed E-state index contributed by atoms with van der Waals surface area (Å²) in [6, 6.07) is 14.1. The van der Waals surface area contributed by atoms with Crippen molar-refractivity contribution in [1.29, 1.82) is 0 Å². The molecule has 26 heavy (non-hydrogen) atoms. The topological polar surface area (TPSA) is 61.8 Å². The van der Waals surface area contributed by atoms with E-state index in [-0.39, 0.29) is 18.3 Å². The molecule has 0 radical (unpaired) electrons. The van der Waals surface area contributed by atoms with Crippen LogP contribution < -0.4 is 9.47 Å². The fourth-order valence-corrected chi connectivity index (χ4v) is 2.65. The van der Waals surface area contributed by atoms with Gasteiger partial charge in [0.05, 0.1) is 7.11 Å². The number of methoxy groups -OCH3 is 1. The van der Waals surface area contributed by atoms with E-state index in [0.29, 0.717) is 16.9 Å². The highest BCUT2D eigenvalue weighted by Crippen LogP contribution is 2.25. The van der Waals surface area contributed by atoms with Crippen molar-refractivity contribution < 1.29 is 23.8 Å². The SMILES string of the molecule is C=C(C)C(=O)OCCOc1ccc(C(=O)Sc2ccc(OC)cc2)cc1. The Bertz CT molecular complexity index is 766. The highest BCUT2D eigenvalue weighted by Gasteiger charge is 2.09. The maximum absolute atomic E-state index is 12.3. The molecule has 0 unspecified atom stereocenters. The zero-order valence-corrected chi connectivity index (χ0v) is 15.5. The fourth-order valence-electron chi connectivity index (χ4n) is 1.91. The monoisotopic (exact) mass is 372 g/mol. The van der Waals surface area contributed by atoms with Gasteiger partial charge in [0.2, 0.25) is 5.12 Å². The molecule has 2 aromatic rings. The normalized spacial score (nSPS) is 10.1. The van der Waals surface area contributed by atoms with E-state index in [9.17, 15) is 9.59 Å². The standard InChI is InChI=1S/C20H20O5S/c1-14(2)19(21)25-13-12-24-17-6-4-15(5-7-17)20(22)26-18-10-8-16(23-3)9-11-18/h4-11H,1,12-13H2,2-3H3. The molecule has 6 heteroatoms. The number of carbonyl (C=O) groups excluding carboxylic acids is 2. The first kappa shape index (κ1) is 19.6. The van der Waals surface area contributed by atoms with Gasteiger partial charge in [-0.15, -0.1) is 0 Å². The Morgan fingerprint density at radius 2 is 1.58 bits per heavy atom. The number of carbonyl (C=O) groups is 2. The van der Waals surface area contributed by atoms with Gasteiger partial charge in [0.1, 0.15) is 24.7 Å². The third-order valence-corrected chi connectivity index (χ3v) is 4.22. The number of rotatable bonds is 8. The molecule has 5 nitrogen and oxygen atoms in total. The summed E-state index contributed by atoms with van der Waals surface area (Å²) in [5.74, 6) is 0.907. The van der Waals surface area contributed by atoms with Crippen LogP contribution in [0.4, 0.5) is 0 Å². The molecule has 0 saturated carbocycles. The van der Waals surface area contributed by atoms with Gasteiger partial charge in [-0.25, -0.2) is 4.79 Å². The molecule has 0 aliphatic rings. The van der Waals surface area contributed by atoms with Gasteiger partial charge >= 0.3 is 5.97 Å². The van der Waals surface area contributed by atoms with Gasteiger partial charge in [-0.3, -0.25) is 4.79 Å². The summed E-state index contributed by atoms with van der Waals surface area (Å²) < 4.78 is 15.5. The number of thioether (sulfide) groups is 1. The van der Waals surface area contributed by atoms with Crippen LogP contribution in [-0.4, -0.2) is 31.4 Å². The summed E-state index contributed by atoms with van der Waals surface area (Å²) in [5, 5.41) is -0.0582. The van der Waals surface area contributed by atoms with Gasteiger partial charge in [0.15, 0.2) is 0 Å². The van der Waals surface area contributed by atoms with Crippen molar-refractivity contribution in [3.05, 3.63) is 66.2 Å². The van der Waals surface area contributed by atoms with Crippen LogP contribution >= 0.6 is 11.8 Å². The van der Waals surface area contributed by atoms with Crippen LogP contribution in [0.3, 0.4) is 0 Å². The average Bonchev–Trinajstić information content (AvgIpc) is 2.66. The molecule has 0 atom stereocenters. The Morgan fingerprint density at radius 3 is 2.15 bits per heavy atom. The van der Waals surface area contributed by atoms with E-state index in [1.54, 1.807) is 38.3 Å². The Labute approximate surface area is 157 Å². The van der Waals surface area contributed by atoms with E-state index in [1.807, 2.05) is 24.3 Å². The van der Waals surface area contributed by atoms with E-state index >= 15 is 0 Å². The predicted octanol–water partition coefficient (Wildman–Crippen LogP) is 4.13. The minimum Gasteiger partial charge on any atom is -0.497 e. The summed E-state index contributed by atoms with van der Waals surface area (Å²) in [6.07, 6.45) is 0. The molecule has 0 amide bonds. The van der Waals surface area contributed by atoms with Crippen molar-refractivity contribution in [2.75, 3.05) is 20.3 Å². The molecular formula is C20H20O5S. The molecule has 0 bridgehead atoms. The molecule has 0 saturated heterocycles. The molecule has 0 N–H and O–H groups in total. The van der Waals surface area contributed by atoms with Gasteiger partial charge in [-0.05, 0) is 67.2 Å². The quantitative estimate of drug-likeness (QED) is 0.301. The number of hydrogen-bond donors (Lipinski definition) is 0. The zero-order chi connectivity index (χ0) is 18.9. The van der Waals surface area contributed by atoms with Gasteiger partial charge in [0, 0.05) is 16.0 Å². The van der Waals surface area contributed by atoms with Crippen molar-refractivity contribution in [3.63, 3.8) is 0 Å². The van der Waals surface area contributed by atoms with E-state index < -0.39 is 5.97 Å². The Kier molecular flexibility index (Phi) is 7.29. The molecular weight excluding hydrogens is 352 g/mol. The molecule has 0 fully saturated rings. The first-order chi connectivity index (χ1) is 12.5. The first-order valence-electron chi connectivity index (χ1n) is 7.91. The van der Waals surface area contributed by atoms with Crippen LogP contribution in [0.2, 0.25) is 0 Å². The van der Waals surface area contributed by atoms with Crippen molar-refractivity contribution in [2.24, 2.45) is 0 Å². The number of esters is 1. The summed E-state index contributed by atoms with van der Waals surface area (Å²) in [6.45, 7) is 5.46. The smallest absolute Gasteiger partial charge is 0.333 e. The average molecular weight is 372 g/mol. The minimum atomic E-state index is -0.440. The summed E-state index contributed by atoms with van der Waals surface area (Å²) in [4.78, 5) is 24.4. The predicted molar refractivity (Wildman–Crippen MR) is 101 cm³/mol. The molecule has 0 spiro atoms. The Morgan fingerprint density at radius 1 is 0.962 bits per heavy atom. The number of ether oxygens (including phenoxy) is 3. The molecule has 0 aliphatic carbocycles. The maximum atomic E-state index is 12.3. The van der Waals surface area contributed by atoms with Gasteiger partial charge in [-0.2, -0.15) is 0 Å². The molecule has 136 valence electrons. The lowest BCUT2D eigenvalue weighted by Gasteiger charge is -2.08. The molecule has 0 heterocycles. The van der Waals surface area contributed by atoms with Crippen LogP contribution in [0.1, 0.15) is 17.3 Å². The van der Waals surface area contributed by atoms with Crippen LogP contribution in [0.25, 0.3) is 0 Å². The van der Waals surface area contributed by atoms with E-state index in [2.05, 4.69) is 6.58 Å². The second kappa shape index (κ2) is 9.68. The Balaban J connectivity index is 1.82. The fraction of sp³-hybridized carbons (Fsp3) is 0.200. The van der Waals surface area contributed by atoms with Gasteiger partial charge in [-0.1, -0.05) is 6.58 Å². The van der Waals surface area contributed by atoms with Crippen molar-refractivity contribution >= 4 is 22.8 Å². The zero-order valence-electron chi connectivity index (χ0n) is 14.7. The first-order valence-corrected chi connectivity index (χ1v) is 8.73. The maximum Gasteiger partial charge on any atom is 0.333 e. The molecule has 0 aromatic heterocycles. The van der Waals surface area contributed by atoms with E-state index in [0.717, 1.165) is 22.4 Å². The van der Waals surface area contributed by atoms with Crippen molar-refractivity contribution in [3.8, 4) is 11.5 Å². The van der Waals surface area contributed by atoms with Crippen LogP contribution in [-0.2, 0) is 9.53 Å². The number of benzene rings is 2. The third kappa shape index (κ3) is 5.97. The number of hydrogen-bond acceptors (Lipinski definition) is 6. The van der Waals surface area contributed by atoms with Crippen LogP contribution in [0.15, 0.2) is 65.6 Å². The second-order valence-corrected chi connectivity index (χ2v) is 6.40. The van der Waals surface area contributed by atoms with Gasteiger partial charge in [0.25, 0.3) is 0 Å². The van der Waals surface area contributed by atoms with Crippen molar-refractivity contribution in [2.45, 2.75) is 11.8 Å². The largest absolute Gasteiger partial charge is 0.497 e. The third-order valence-electron chi connectivity index (χ3n) is 3.29. The van der Waals surface area contributed by atoms with E-state index in [1.165, 1.54) is 0 Å². The molecule has 2 aromatic carbocycles. The van der Waals surface area contributed by atoms with Crippen LogP contribution in [0.5, 0.6) is 11.5 Å². The van der Waals surface area contributed by atoms with E-state index in [4.69, 9.17) is 14.2 Å². The summed E-state index contributed by atoms with van der Waals surface area (Å²) in [5.41, 5.74) is 0.925. The summed E-state index contributed by atoms with van der Waals surface area (Å²) >= 11 is 1.15. The lowest BCUT2D eigenvalue weighted by molar-refractivity contribution is -0.139. The second-order valence-electron chi connectivity index (χ2n) is 5.35. The lowest BCUT2D eigenvalue weighted by atomic mass is 10.2. The van der Waals surface area contributed by atoms with Gasteiger partial charge < -0.3 is 14.2 Å². The van der Waals surface area contributed by atoms with Crippen molar-refractivity contribution in [1.82, 2.24) is 0 Å². The highest BCUT2D eigenvalue weighted by molar-refractivity contribution is 8.14. The highest BCUT2D eigenvalue weighted by atomic mass is 32.2. The molecule has 2 rings (SSSR count). The Hall–Kier alpha value is -2.73. The minimum absolute atomic E-state index is 0.0582. The summed E-state index contributed by atoms with van der Waals surface area (Å²) in [7, 11) is 1.60. The lowest BCUT2D eigenvalue weighted by Crippen LogP contribution is -2.12. The molecule has 0 aliphatic heterocycles. The van der Waals surface area contributed by atoms with Crippen LogP contribution in [0, 0.1) is 0 Å².